The van der Waals surface area contributed by atoms with Crippen LogP contribution in [0.3, 0.4) is 0 Å². The van der Waals surface area contributed by atoms with Crippen LogP contribution >= 0.6 is 0 Å². The molecule has 1 amide bonds. The molecule has 0 saturated carbocycles. The van der Waals surface area contributed by atoms with Gasteiger partial charge in [0, 0.05) is 12.6 Å². The summed E-state index contributed by atoms with van der Waals surface area (Å²) in [5.74, 6) is -0.129. The summed E-state index contributed by atoms with van der Waals surface area (Å²) in [4.78, 5) is 20.6. The first kappa shape index (κ1) is 14.9. The molecule has 0 bridgehead atoms. The molecule has 1 N–H and O–H groups in total. The molecular weight excluding hydrogens is 286 g/mol. The van der Waals surface area contributed by atoms with Crippen molar-refractivity contribution in [1.29, 1.82) is 0 Å². The van der Waals surface area contributed by atoms with Crippen molar-refractivity contribution in [3.8, 4) is 0 Å². The summed E-state index contributed by atoms with van der Waals surface area (Å²) in [6.45, 7) is 0.608. The summed E-state index contributed by atoms with van der Waals surface area (Å²) in [7, 11) is 0. The van der Waals surface area contributed by atoms with Crippen molar-refractivity contribution in [3.05, 3.63) is 78.1 Å². The Morgan fingerprint density at radius 1 is 1.00 bits per heavy atom. The van der Waals surface area contributed by atoms with Crippen molar-refractivity contribution < 1.29 is 4.79 Å². The van der Waals surface area contributed by atoms with Gasteiger partial charge in [0.15, 0.2) is 0 Å². The Morgan fingerprint density at radius 3 is 2.57 bits per heavy atom. The van der Waals surface area contributed by atoms with Crippen LogP contribution in [0, 0.1) is 0 Å². The topological polar surface area (TPSA) is 54.9 Å². The summed E-state index contributed by atoms with van der Waals surface area (Å²) < 4.78 is 0. The van der Waals surface area contributed by atoms with Crippen molar-refractivity contribution >= 4 is 23.0 Å². The second-order valence-corrected chi connectivity index (χ2v) is 5.14. The molecule has 0 aliphatic heterocycles. The molecule has 0 radical (unpaired) electrons. The third-order valence-corrected chi connectivity index (χ3v) is 3.43. The minimum absolute atomic E-state index is 0.129. The monoisotopic (exact) mass is 303 g/mol. The quantitative estimate of drug-likeness (QED) is 0.737. The number of carbonyl (C=O) groups is 1. The standard InChI is InChI=1S/C19H17N3O/c23-19(20-13-12-15-6-2-1-3-7-15)11-10-16-14-21-17-8-4-5-9-18(17)22-16/h1-11,14H,12-13H2,(H,20,23)/b11-10+. The molecular formula is C19H17N3O. The summed E-state index contributed by atoms with van der Waals surface area (Å²) in [5, 5.41) is 2.86. The zero-order valence-corrected chi connectivity index (χ0v) is 12.6. The van der Waals surface area contributed by atoms with E-state index in [0.29, 0.717) is 12.2 Å². The number of carbonyl (C=O) groups excluding carboxylic acids is 1. The van der Waals surface area contributed by atoms with E-state index in [1.807, 2.05) is 54.6 Å². The molecule has 114 valence electrons. The molecule has 0 spiro atoms. The average molecular weight is 303 g/mol. The van der Waals surface area contributed by atoms with E-state index < -0.39 is 0 Å². The average Bonchev–Trinajstić information content (AvgIpc) is 2.61. The van der Waals surface area contributed by atoms with E-state index in [9.17, 15) is 4.79 Å². The molecule has 0 saturated heterocycles. The normalized spacial score (nSPS) is 11.0. The molecule has 23 heavy (non-hydrogen) atoms. The Bertz CT molecular complexity index is 828. The lowest BCUT2D eigenvalue weighted by Gasteiger charge is -2.02. The smallest absolute Gasteiger partial charge is 0.244 e. The Hall–Kier alpha value is -3.01. The third-order valence-electron chi connectivity index (χ3n) is 3.43. The molecule has 4 nitrogen and oxygen atoms in total. The molecule has 0 unspecified atom stereocenters. The van der Waals surface area contributed by atoms with Crippen LogP contribution in [0.1, 0.15) is 11.3 Å². The zero-order chi connectivity index (χ0) is 15.9. The highest BCUT2D eigenvalue weighted by Gasteiger charge is 1.99. The van der Waals surface area contributed by atoms with Gasteiger partial charge in [-0.2, -0.15) is 0 Å². The first-order valence-electron chi connectivity index (χ1n) is 7.53. The van der Waals surface area contributed by atoms with Crippen molar-refractivity contribution in [3.63, 3.8) is 0 Å². The van der Waals surface area contributed by atoms with Crippen LogP contribution in [0.4, 0.5) is 0 Å². The number of aromatic nitrogens is 2. The highest BCUT2D eigenvalue weighted by molar-refractivity contribution is 5.91. The predicted molar refractivity (Wildman–Crippen MR) is 91.7 cm³/mol. The van der Waals surface area contributed by atoms with Crippen molar-refractivity contribution in [2.24, 2.45) is 0 Å². The third kappa shape index (κ3) is 4.23. The van der Waals surface area contributed by atoms with Crippen LogP contribution in [0.5, 0.6) is 0 Å². The maximum Gasteiger partial charge on any atom is 0.244 e. The lowest BCUT2D eigenvalue weighted by Crippen LogP contribution is -2.23. The summed E-state index contributed by atoms with van der Waals surface area (Å²) in [6.07, 6.45) is 5.65. The minimum Gasteiger partial charge on any atom is -0.352 e. The molecule has 0 aliphatic carbocycles. The van der Waals surface area contributed by atoms with Gasteiger partial charge in [0.1, 0.15) is 0 Å². The molecule has 2 aromatic carbocycles. The molecule has 3 rings (SSSR count). The van der Waals surface area contributed by atoms with Crippen LogP contribution in [0.25, 0.3) is 17.1 Å². The Morgan fingerprint density at radius 2 is 1.74 bits per heavy atom. The molecule has 0 fully saturated rings. The van der Waals surface area contributed by atoms with E-state index in [-0.39, 0.29) is 5.91 Å². The number of hydrogen-bond donors (Lipinski definition) is 1. The van der Waals surface area contributed by atoms with Gasteiger partial charge >= 0.3 is 0 Å². The fourth-order valence-corrected chi connectivity index (χ4v) is 2.25. The van der Waals surface area contributed by atoms with Crippen molar-refractivity contribution in [2.45, 2.75) is 6.42 Å². The number of nitrogens with zero attached hydrogens (tertiary/aromatic N) is 2. The van der Waals surface area contributed by atoms with Gasteiger partial charge in [-0.05, 0) is 30.2 Å². The van der Waals surface area contributed by atoms with Crippen LogP contribution in [0.15, 0.2) is 66.9 Å². The van der Waals surface area contributed by atoms with Crippen molar-refractivity contribution in [2.75, 3.05) is 6.54 Å². The summed E-state index contributed by atoms with van der Waals surface area (Å²) in [5.41, 5.74) is 3.54. The number of para-hydroxylation sites is 2. The van der Waals surface area contributed by atoms with E-state index in [4.69, 9.17) is 0 Å². The maximum absolute atomic E-state index is 11.8. The van der Waals surface area contributed by atoms with Crippen LogP contribution in [-0.4, -0.2) is 22.4 Å². The zero-order valence-electron chi connectivity index (χ0n) is 12.6. The second-order valence-electron chi connectivity index (χ2n) is 5.14. The van der Waals surface area contributed by atoms with E-state index in [0.717, 1.165) is 17.5 Å². The number of rotatable bonds is 5. The lowest BCUT2D eigenvalue weighted by molar-refractivity contribution is -0.116. The number of fused-ring (bicyclic) bond motifs is 1. The van der Waals surface area contributed by atoms with Crippen LogP contribution in [0.2, 0.25) is 0 Å². The fraction of sp³-hybridized carbons (Fsp3) is 0.105. The summed E-state index contributed by atoms with van der Waals surface area (Å²) in [6, 6.07) is 17.7. The van der Waals surface area contributed by atoms with Gasteiger partial charge in [-0.3, -0.25) is 9.78 Å². The van der Waals surface area contributed by atoms with Gasteiger partial charge < -0.3 is 5.32 Å². The Balaban J connectivity index is 1.55. The van der Waals surface area contributed by atoms with Gasteiger partial charge in [-0.15, -0.1) is 0 Å². The van der Waals surface area contributed by atoms with Gasteiger partial charge in [0.05, 0.1) is 22.9 Å². The Labute approximate surface area is 134 Å². The summed E-state index contributed by atoms with van der Waals surface area (Å²) >= 11 is 0. The van der Waals surface area contributed by atoms with Gasteiger partial charge in [-0.25, -0.2) is 4.98 Å². The Kier molecular flexibility index (Phi) is 4.74. The number of amides is 1. The SMILES string of the molecule is O=C(/C=C/c1cnc2ccccc2n1)NCCc1ccccc1. The highest BCUT2D eigenvalue weighted by Crippen LogP contribution is 2.09. The largest absolute Gasteiger partial charge is 0.352 e. The molecule has 4 heteroatoms. The molecule has 1 heterocycles. The van der Waals surface area contributed by atoms with Gasteiger partial charge in [0.25, 0.3) is 0 Å². The number of benzene rings is 2. The van der Waals surface area contributed by atoms with E-state index in [1.165, 1.54) is 11.6 Å². The predicted octanol–water partition coefficient (Wildman–Crippen LogP) is 3.00. The lowest BCUT2D eigenvalue weighted by atomic mass is 10.1. The molecule has 0 atom stereocenters. The van der Waals surface area contributed by atoms with Crippen LogP contribution < -0.4 is 5.32 Å². The molecule has 0 aliphatic rings. The first-order chi connectivity index (χ1) is 11.3. The van der Waals surface area contributed by atoms with Crippen LogP contribution in [-0.2, 0) is 11.2 Å². The highest BCUT2D eigenvalue weighted by atomic mass is 16.1. The van der Waals surface area contributed by atoms with Gasteiger partial charge in [0.2, 0.25) is 5.91 Å². The maximum atomic E-state index is 11.8. The molecule has 1 aromatic heterocycles. The van der Waals surface area contributed by atoms with E-state index in [2.05, 4.69) is 15.3 Å². The van der Waals surface area contributed by atoms with Crippen molar-refractivity contribution in [1.82, 2.24) is 15.3 Å². The van der Waals surface area contributed by atoms with Gasteiger partial charge in [-0.1, -0.05) is 42.5 Å². The van der Waals surface area contributed by atoms with E-state index >= 15 is 0 Å². The second kappa shape index (κ2) is 7.31. The minimum atomic E-state index is -0.129. The molecule has 3 aromatic rings. The fourth-order valence-electron chi connectivity index (χ4n) is 2.25. The number of hydrogen-bond acceptors (Lipinski definition) is 3. The first-order valence-corrected chi connectivity index (χ1v) is 7.53. The van der Waals surface area contributed by atoms with E-state index in [1.54, 1.807) is 12.3 Å². The number of nitrogens with one attached hydrogen (secondary N) is 1.